The highest BCUT2D eigenvalue weighted by atomic mass is 19.4. The van der Waals surface area contributed by atoms with Crippen molar-refractivity contribution in [3.63, 3.8) is 0 Å². The number of Topliss-reactive ketones (excluding diaryl/α,β-unsaturated/α-hetero) is 1. The van der Waals surface area contributed by atoms with Crippen LogP contribution >= 0.6 is 0 Å². The number of aliphatic carboxylic acids is 1. The molecule has 0 unspecified atom stereocenters. The monoisotopic (exact) mass is 334 g/mol. The number of ketones is 1. The van der Waals surface area contributed by atoms with E-state index in [1.54, 1.807) is 13.8 Å². The first-order valence-electron chi connectivity index (χ1n) is 7.15. The minimum atomic E-state index is -4.37. The van der Waals surface area contributed by atoms with Gasteiger partial charge in [-0.15, -0.1) is 0 Å². The number of hydrogen-bond donors (Lipinski definition) is 1. The van der Waals surface area contributed by atoms with Crippen molar-refractivity contribution in [1.82, 2.24) is 9.47 Å². The summed E-state index contributed by atoms with van der Waals surface area (Å²) < 4.78 is 38.8. The summed E-state index contributed by atoms with van der Waals surface area (Å²) in [6, 6.07) is 1.25. The lowest BCUT2D eigenvalue weighted by Gasteiger charge is -2.23. The molecule has 0 aliphatic carbocycles. The zero-order chi connectivity index (χ0) is 17.9. The van der Waals surface area contributed by atoms with Gasteiger partial charge in [0.1, 0.15) is 6.54 Å². The van der Waals surface area contributed by atoms with Crippen LogP contribution in [0.3, 0.4) is 0 Å². The molecule has 0 spiro atoms. The van der Waals surface area contributed by atoms with E-state index in [0.717, 1.165) is 4.57 Å². The molecule has 0 aliphatic heterocycles. The predicted octanol–water partition coefficient (Wildman–Crippen LogP) is 2.64. The zero-order valence-electron chi connectivity index (χ0n) is 13.6. The number of carboxylic acid groups (broad SMARTS) is 1. The van der Waals surface area contributed by atoms with Crippen LogP contribution in [0, 0.1) is 13.8 Å². The van der Waals surface area contributed by atoms with Gasteiger partial charge >= 0.3 is 12.1 Å². The van der Waals surface area contributed by atoms with E-state index in [1.807, 2.05) is 0 Å². The average molecular weight is 334 g/mol. The van der Waals surface area contributed by atoms with Gasteiger partial charge in [0.05, 0.1) is 13.1 Å². The number of carboxylic acids is 1. The van der Waals surface area contributed by atoms with Crippen LogP contribution < -0.4 is 0 Å². The third kappa shape index (κ3) is 5.38. The van der Waals surface area contributed by atoms with E-state index in [-0.39, 0.29) is 36.2 Å². The Morgan fingerprint density at radius 1 is 1.26 bits per heavy atom. The van der Waals surface area contributed by atoms with Crippen molar-refractivity contribution < 1.29 is 27.9 Å². The molecule has 0 saturated heterocycles. The predicted molar refractivity (Wildman–Crippen MR) is 78.6 cm³/mol. The highest BCUT2D eigenvalue weighted by molar-refractivity contribution is 5.99. The molecular weight excluding hydrogens is 313 g/mol. The normalized spacial score (nSPS) is 12.2. The van der Waals surface area contributed by atoms with Crippen LogP contribution in [0.15, 0.2) is 6.07 Å². The molecule has 1 N–H and O–H groups in total. The number of hydrogen-bond acceptors (Lipinski definition) is 3. The summed E-state index contributed by atoms with van der Waals surface area (Å²) >= 11 is 0. The van der Waals surface area contributed by atoms with E-state index < -0.39 is 18.7 Å². The first-order valence-corrected chi connectivity index (χ1v) is 7.15. The van der Waals surface area contributed by atoms with Gasteiger partial charge in [-0.2, -0.15) is 13.2 Å². The molecular formula is C15H21F3N2O3. The van der Waals surface area contributed by atoms with E-state index in [9.17, 15) is 22.8 Å². The first kappa shape index (κ1) is 19.2. The standard InChI is InChI=1S/C15H21F3N2O3/c1-9(2)19(7-14(22)23)6-13(21)12-5-10(3)20(11(12)4)8-15(16,17)18/h5,9H,6-8H2,1-4H3,(H,22,23). The molecule has 0 aliphatic rings. The molecule has 0 bridgehead atoms. The number of alkyl halides is 3. The number of rotatable bonds is 7. The summed E-state index contributed by atoms with van der Waals surface area (Å²) in [6.45, 7) is 4.87. The molecule has 1 aromatic heterocycles. The Hall–Kier alpha value is -1.83. The molecule has 0 atom stereocenters. The molecule has 0 amide bonds. The van der Waals surface area contributed by atoms with Gasteiger partial charge in [-0.3, -0.25) is 14.5 Å². The van der Waals surface area contributed by atoms with Crippen LogP contribution in [0.4, 0.5) is 13.2 Å². The smallest absolute Gasteiger partial charge is 0.406 e. The lowest BCUT2D eigenvalue weighted by atomic mass is 10.1. The zero-order valence-corrected chi connectivity index (χ0v) is 13.6. The molecule has 8 heteroatoms. The van der Waals surface area contributed by atoms with Gasteiger partial charge < -0.3 is 9.67 Å². The lowest BCUT2D eigenvalue weighted by Crippen LogP contribution is -2.39. The van der Waals surface area contributed by atoms with Gasteiger partial charge in [-0.25, -0.2) is 0 Å². The van der Waals surface area contributed by atoms with E-state index in [2.05, 4.69) is 0 Å². The van der Waals surface area contributed by atoms with Crippen molar-refractivity contribution in [3.05, 3.63) is 23.0 Å². The summed E-state index contributed by atoms with van der Waals surface area (Å²) in [5.41, 5.74) is 0.782. The Balaban J connectivity index is 3.00. The Morgan fingerprint density at radius 2 is 1.83 bits per heavy atom. The number of carbonyl (C=O) groups is 2. The lowest BCUT2D eigenvalue weighted by molar-refractivity contribution is -0.141. The summed E-state index contributed by atoms with van der Waals surface area (Å²) in [7, 11) is 0. The molecule has 5 nitrogen and oxygen atoms in total. The fraction of sp³-hybridized carbons (Fsp3) is 0.600. The van der Waals surface area contributed by atoms with E-state index in [0.29, 0.717) is 5.69 Å². The van der Waals surface area contributed by atoms with E-state index in [1.165, 1.54) is 24.8 Å². The van der Waals surface area contributed by atoms with Crippen molar-refractivity contribution in [2.75, 3.05) is 13.1 Å². The van der Waals surface area contributed by atoms with Crippen LogP contribution in [-0.2, 0) is 11.3 Å². The van der Waals surface area contributed by atoms with Crippen molar-refractivity contribution in [2.45, 2.75) is 46.5 Å². The van der Waals surface area contributed by atoms with Gasteiger partial charge in [0, 0.05) is 23.0 Å². The molecule has 1 rings (SSSR count). The van der Waals surface area contributed by atoms with Gasteiger partial charge in [0.15, 0.2) is 5.78 Å². The second kappa shape index (κ2) is 7.16. The third-order valence-corrected chi connectivity index (χ3v) is 3.63. The van der Waals surface area contributed by atoms with Crippen LogP contribution in [0.2, 0.25) is 0 Å². The van der Waals surface area contributed by atoms with Crippen LogP contribution in [0.1, 0.15) is 35.6 Å². The number of aromatic nitrogens is 1. The Kier molecular flexibility index (Phi) is 5.98. The average Bonchev–Trinajstić information content (AvgIpc) is 2.63. The minimum absolute atomic E-state index is 0.153. The van der Waals surface area contributed by atoms with Gasteiger partial charge in [0.2, 0.25) is 0 Å². The Morgan fingerprint density at radius 3 is 2.26 bits per heavy atom. The maximum atomic E-state index is 12.6. The molecule has 0 fully saturated rings. The van der Waals surface area contributed by atoms with Gasteiger partial charge in [-0.1, -0.05) is 0 Å². The van der Waals surface area contributed by atoms with Crippen LogP contribution in [0.25, 0.3) is 0 Å². The number of halogens is 3. The van der Waals surface area contributed by atoms with Crippen molar-refractivity contribution in [3.8, 4) is 0 Å². The quantitative estimate of drug-likeness (QED) is 0.779. The largest absolute Gasteiger partial charge is 0.480 e. The van der Waals surface area contributed by atoms with Gasteiger partial charge in [-0.05, 0) is 33.8 Å². The summed E-state index contributed by atoms with van der Waals surface area (Å²) in [5, 5.41) is 8.86. The number of aryl methyl sites for hydroxylation is 1. The molecule has 1 heterocycles. The molecule has 130 valence electrons. The summed E-state index contributed by atoms with van der Waals surface area (Å²) in [5.74, 6) is -1.45. The molecule has 0 radical (unpaired) electrons. The van der Waals surface area contributed by atoms with Crippen molar-refractivity contribution in [2.24, 2.45) is 0 Å². The van der Waals surface area contributed by atoms with Crippen LogP contribution in [0.5, 0.6) is 0 Å². The van der Waals surface area contributed by atoms with Crippen molar-refractivity contribution in [1.29, 1.82) is 0 Å². The second-order valence-electron chi connectivity index (χ2n) is 5.80. The Bertz CT molecular complexity index is 592. The summed E-state index contributed by atoms with van der Waals surface area (Å²) in [6.07, 6.45) is -4.37. The van der Waals surface area contributed by atoms with Crippen molar-refractivity contribution >= 4 is 11.8 Å². The minimum Gasteiger partial charge on any atom is -0.480 e. The topological polar surface area (TPSA) is 62.5 Å². The number of nitrogens with zero attached hydrogens (tertiary/aromatic N) is 2. The fourth-order valence-electron chi connectivity index (χ4n) is 2.37. The molecule has 23 heavy (non-hydrogen) atoms. The maximum absolute atomic E-state index is 12.6. The molecule has 0 aromatic carbocycles. The first-order chi connectivity index (χ1) is 10.4. The number of carbonyl (C=O) groups excluding carboxylic acids is 1. The third-order valence-electron chi connectivity index (χ3n) is 3.63. The highest BCUT2D eigenvalue weighted by Crippen LogP contribution is 2.23. The maximum Gasteiger partial charge on any atom is 0.406 e. The second-order valence-corrected chi connectivity index (χ2v) is 5.80. The molecule has 0 saturated carbocycles. The van der Waals surface area contributed by atoms with E-state index >= 15 is 0 Å². The van der Waals surface area contributed by atoms with E-state index in [4.69, 9.17) is 5.11 Å². The SMILES string of the molecule is Cc1cc(C(=O)CN(CC(=O)O)C(C)C)c(C)n1CC(F)(F)F. The molecule has 1 aromatic rings. The summed E-state index contributed by atoms with van der Waals surface area (Å²) in [4.78, 5) is 24.7. The highest BCUT2D eigenvalue weighted by Gasteiger charge is 2.30. The Labute approximate surface area is 132 Å². The van der Waals surface area contributed by atoms with Gasteiger partial charge in [0.25, 0.3) is 0 Å². The van der Waals surface area contributed by atoms with Crippen LogP contribution in [-0.4, -0.2) is 51.6 Å². The fourth-order valence-corrected chi connectivity index (χ4v) is 2.37.